The summed E-state index contributed by atoms with van der Waals surface area (Å²) < 4.78 is 0. The average Bonchev–Trinajstić information content (AvgIpc) is 2.68. The fourth-order valence-corrected chi connectivity index (χ4v) is 3.56. The van der Waals surface area contributed by atoms with Gasteiger partial charge >= 0.3 is 0 Å². The number of hydrogen-bond acceptors (Lipinski definition) is 2. The van der Waals surface area contributed by atoms with Crippen molar-refractivity contribution in [2.24, 2.45) is 22.6 Å². The van der Waals surface area contributed by atoms with Gasteiger partial charge in [0.1, 0.15) is 0 Å². The molecule has 1 atom stereocenters. The monoisotopic (exact) mass is 246 g/mol. The van der Waals surface area contributed by atoms with Gasteiger partial charge in [-0.1, -0.05) is 45.9 Å². The van der Waals surface area contributed by atoms with Crippen molar-refractivity contribution in [2.45, 2.75) is 47.6 Å². The first-order valence-electron chi connectivity index (χ1n) is 6.77. The third-order valence-corrected chi connectivity index (χ3v) is 5.63. The van der Waals surface area contributed by atoms with Crippen molar-refractivity contribution in [1.82, 2.24) is 5.43 Å². The van der Waals surface area contributed by atoms with Crippen LogP contribution in [0.25, 0.3) is 0 Å². The molecular formula is C16H26N2. The van der Waals surface area contributed by atoms with Gasteiger partial charge in [0.25, 0.3) is 0 Å². The summed E-state index contributed by atoms with van der Waals surface area (Å²) in [5.74, 6) is 6.44. The minimum atomic E-state index is 0.245. The van der Waals surface area contributed by atoms with Gasteiger partial charge in [-0.2, -0.15) is 0 Å². The molecule has 0 aliphatic heterocycles. The second-order valence-electron chi connectivity index (χ2n) is 6.85. The normalized spacial score (nSPS) is 22.8. The Morgan fingerprint density at radius 2 is 1.67 bits per heavy atom. The number of aryl methyl sites for hydroxylation is 1. The number of hydrogen-bond donors (Lipinski definition) is 2. The molecule has 100 valence electrons. The van der Waals surface area contributed by atoms with Crippen LogP contribution in [0.5, 0.6) is 0 Å². The Hall–Kier alpha value is -0.860. The van der Waals surface area contributed by atoms with Gasteiger partial charge < -0.3 is 0 Å². The predicted octanol–water partition coefficient (Wildman–Crippen LogP) is 3.49. The SMILES string of the molecule is Cc1cccc(C(NN)C2C(C)(C)C2(C)C)c1C. The molecule has 18 heavy (non-hydrogen) atoms. The zero-order valence-electron chi connectivity index (χ0n) is 12.5. The zero-order valence-corrected chi connectivity index (χ0v) is 12.5. The maximum atomic E-state index is 5.86. The van der Waals surface area contributed by atoms with Crippen molar-refractivity contribution in [1.29, 1.82) is 0 Å². The summed E-state index contributed by atoms with van der Waals surface area (Å²) in [6.45, 7) is 13.7. The van der Waals surface area contributed by atoms with Crippen LogP contribution >= 0.6 is 0 Å². The van der Waals surface area contributed by atoms with Gasteiger partial charge in [0.15, 0.2) is 0 Å². The van der Waals surface area contributed by atoms with Crippen LogP contribution in [0.2, 0.25) is 0 Å². The van der Waals surface area contributed by atoms with Gasteiger partial charge in [0.2, 0.25) is 0 Å². The van der Waals surface area contributed by atoms with Gasteiger partial charge in [-0.25, -0.2) is 0 Å². The quantitative estimate of drug-likeness (QED) is 0.633. The largest absolute Gasteiger partial charge is 0.271 e. The van der Waals surface area contributed by atoms with Gasteiger partial charge in [-0.05, 0) is 47.3 Å². The minimum absolute atomic E-state index is 0.245. The highest BCUT2D eigenvalue weighted by molar-refractivity contribution is 5.38. The number of benzene rings is 1. The molecule has 1 aliphatic carbocycles. The van der Waals surface area contributed by atoms with Gasteiger partial charge in [0.05, 0.1) is 6.04 Å². The maximum Gasteiger partial charge on any atom is 0.0501 e. The Bertz CT molecular complexity index is 446. The Morgan fingerprint density at radius 3 is 2.11 bits per heavy atom. The lowest BCUT2D eigenvalue weighted by atomic mass is 9.91. The Labute approximate surface area is 111 Å². The lowest BCUT2D eigenvalue weighted by Gasteiger charge is -2.22. The highest BCUT2D eigenvalue weighted by atomic mass is 15.2. The molecule has 2 heteroatoms. The van der Waals surface area contributed by atoms with E-state index in [0.717, 1.165) is 0 Å². The van der Waals surface area contributed by atoms with Gasteiger partial charge in [-0.3, -0.25) is 11.3 Å². The lowest BCUT2D eigenvalue weighted by molar-refractivity contribution is 0.416. The van der Waals surface area contributed by atoms with E-state index in [9.17, 15) is 0 Å². The molecule has 0 amide bonds. The highest BCUT2D eigenvalue weighted by Gasteiger charge is 2.67. The van der Waals surface area contributed by atoms with Crippen LogP contribution in [0.3, 0.4) is 0 Å². The van der Waals surface area contributed by atoms with Crippen molar-refractivity contribution >= 4 is 0 Å². The van der Waals surface area contributed by atoms with Gasteiger partial charge in [-0.15, -0.1) is 0 Å². The number of hydrazine groups is 1. The number of nitrogens with two attached hydrogens (primary N) is 1. The summed E-state index contributed by atoms with van der Waals surface area (Å²) in [4.78, 5) is 0. The molecule has 0 saturated heterocycles. The molecule has 1 unspecified atom stereocenters. The van der Waals surface area contributed by atoms with E-state index in [1.165, 1.54) is 16.7 Å². The van der Waals surface area contributed by atoms with Crippen LogP contribution in [0.4, 0.5) is 0 Å². The van der Waals surface area contributed by atoms with E-state index in [-0.39, 0.29) is 6.04 Å². The summed E-state index contributed by atoms with van der Waals surface area (Å²) in [5.41, 5.74) is 7.77. The van der Waals surface area contributed by atoms with E-state index in [2.05, 4.69) is 65.2 Å². The van der Waals surface area contributed by atoms with Crippen LogP contribution in [-0.2, 0) is 0 Å². The van der Waals surface area contributed by atoms with Crippen LogP contribution in [0, 0.1) is 30.6 Å². The fraction of sp³-hybridized carbons (Fsp3) is 0.625. The molecule has 0 aromatic heterocycles. The second kappa shape index (κ2) is 4.07. The highest BCUT2D eigenvalue weighted by Crippen LogP contribution is 2.72. The Morgan fingerprint density at radius 1 is 1.11 bits per heavy atom. The van der Waals surface area contributed by atoms with Crippen LogP contribution < -0.4 is 11.3 Å². The second-order valence-corrected chi connectivity index (χ2v) is 6.85. The standard InChI is InChI=1S/C16H26N2/c1-10-8-7-9-12(11(10)2)13(18-17)14-15(3,4)16(14,5)6/h7-9,13-14,18H,17H2,1-6H3. The van der Waals surface area contributed by atoms with E-state index < -0.39 is 0 Å². The van der Waals surface area contributed by atoms with Crippen LogP contribution in [0.15, 0.2) is 18.2 Å². The van der Waals surface area contributed by atoms with E-state index in [4.69, 9.17) is 5.84 Å². The lowest BCUT2D eigenvalue weighted by Crippen LogP contribution is -2.32. The molecule has 1 saturated carbocycles. The fourth-order valence-electron chi connectivity index (χ4n) is 3.56. The van der Waals surface area contributed by atoms with Crippen molar-refractivity contribution < 1.29 is 0 Å². The zero-order chi connectivity index (χ0) is 13.7. The van der Waals surface area contributed by atoms with Crippen molar-refractivity contribution in [2.75, 3.05) is 0 Å². The molecule has 2 nitrogen and oxygen atoms in total. The molecule has 1 aromatic carbocycles. The van der Waals surface area contributed by atoms with E-state index in [1.54, 1.807) is 0 Å². The molecule has 0 spiro atoms. The predicted molar refractivity (Wildman–Crippen MR) is 77.0 cm³/mol. The van der Waals surface area contributed by atoms with Gasteiger partial charge in [0, 0.05) is 0 Å². The number of rotatable bonds is 3. The summed E-state index contributed by atoms with van der Waals surface area (Å²) in [5, 5.41) is 0. The van der Waals surface area contributed by atoms with Crippen molar-refractivity contribution in [3.63, 3.8) is 0 Å². The molecule has 3 N–H and O–H groups in total. The van der Waals surface area contributed by atoms with E-state index in [0.29, 0.717) is 16.7 Å². The Balaban J connectivity index is 2.40. The summed E-state index contributed by atoms with van der Waals surface area (Å²) in [6.07, 6.45) is 0. The number of nitrogens with one attached hydrogen (secondary N) is 1. The molecule has 0 radical (unpaired) electrons. The molecule has 1 aliphatic rings. The van der Waals surface area contributed by atoms with E-state index in [1.807, 2.05) is 0 Å². The average molecular weight is 246 g/mol. The summed E-state index contributed by atoms with van der Waals surface area (Å²) in [7, 11) is 0. The molecule has 0 heterocycles. The van der Waals surface area contributed by atoms with E-state index >= 15 is 0 Å². The summed E-state index contributed by atoms with van der Waals surface area (Å²) in [6, 6.07) is 6.74. The molecule has 0 bridgehead atoms. The minimum Gasteiger partial charge on any atom is -0.271 e. The molecular weight excluding hydrogens is 220 g/mol. The van der Waals surface area contributed by atoms with Crippen LogP contribution in [0.1, 0.15) is 50.4 Å². The first kappa shape index (κ1) is 13.6. The first-order valence-corrected chi connectivity index (χ1v) is 6.77. The Kier molecular flexibility index (Phi) is 3.07. The third-order valence-electron chi connectivity index (χ3n) is 5.63. The maximum absolute atomic E-state index is 5.86. The van der Waals surface area contributed by atoms with Crippen molar-refractivity contribution in [3.8, 4) is 0 Å². The topological polar surface area (TPSA) is 38.0 Å². The first-order chi connectivity index (χ1) is 8.25. The smallest absolute Gasteiger partial charge is 0.0501 e. The van der Waals surface area contributed by atoms with Crippen molar-refractivity contribution in [3.05, 3.63) is 34.9 Å². The molecule has 1 aromatic rings. The third kappa shape index (κ3) is 1.70. The van der Waals surface area contributed by atoms with Crippen LogP contribution in [-0.4, -0.2) is 0 Å². The summed E-state index contributed by atoms with van der Waals surface area (Å²) >= 11 is 0. The molecule has 1 fully saturated rings. The molecule has 2 rings (SSSR count).